The van der Waals surface area contributed by atoms with E-state index in [2.05, 4.69) is 10.6 Å². The maximum Gasteiger partial charge on any atom is 0.323 e. The Morgan fingerprint density at radius 3 is 2.43 bits per heavy atom. The fourth-order valence-electron chi connectivity index (χ4n) is 2.47. The molecule has 1 heterocycles. The number of ether oxygens (including phenoxy) is 3. The first-order chi connectivity index (χ1) is 11.2. The molecule has 0 bridgehead atoms. The summed E-state index contributed by atoms with van der Waals surface area (Å²) >= 11 is 0. The van der Waals surface area contributed by atoms with Gasteiger partial charge in [0, 0.05) is 23.9 Å². The Kier molecular flexibility index (Phi) is 4.23. The van der Waals surface area contributed by atoms with E-state index in [-0.39, 0.29) is 6.03 Å². The number of anilines is 2. The summed E-state index contributed by atoms with van der Waals surface area (Å²) in [7, 11) is 3.11. The topological polar surface area (TPSA) is 68.8 Å². The molecule has 0 aliphatic carbocycles. The van der Waals surface area contributed by atoms with Crippen molar-refractivity contribution in [2.24, 2.45) is 0 Å². The molecule has 0 saturated heterocycles. The molecule has 1 aliphatic heterocycles. The van der Waals surface area contributed by atoms with Gasteiger partial charge in [-0.15, -0.1) is 0 Å². The molecule has 2 N–H and O–H groups in total. The van der Waals surface area contributed by atoms with Gasteiger partial charge < -0.3 is 24.8 Å². The highest BCUT2D eigenvalue weighted by molar-refractivity contribution is 6.00. The minimum atomic E-state index is -0.323. The first kappa shape index (κ1) is 15.0. The van der Waals surface area contributed by atoms with Crippen molar-refractivity contribution < 1.29 is 19.0 Å². The van der Waals surface area contributed by atoms with E-state index < -0.39 is 0 Å². The number of hydrogen-bond donors (Lipinski definition) is 2. The van der Waals surface area contributed by atoms with Crippen LogP contribution in [0.4, 0.5) is 16.2 Å². The van der Waals surface area contributed by atoms with Crippen molar-refractivity contribution in [1.82, 2.24) is 0 Å². The summed E-state index contributed by atoms with van der Waals surface area (Å²) in [4.78, 5) is 12.1. The molecule has 23 heavy (non-hydrogen) atoms. The van der Waals surface area contributed by atoms with Gasteiger partial charge in [0.05, 0.1) is 20.8 Å². The Labute approximate surface area is 134 Å². The van der Waals surface area contributed by atoms with Gasteiger partial charge in [0.1, 0.15) is 5.75 Å². The fraction of sp³-hybridized carbons (Fsp3) is 0.235. The largest absolute Gasteiger partial charge is 0.493 e. The van der Waals surface area contributed by atoms with E-state index in [9.17, 15) is 4.79 Å². The highest BCUT2D eigenvalue weighted by atomic mass is 16.5. The predicted molar refractivity (Wildman–Crippen MR) is 87.8 cm³/mol. The van der Waals surface area contributed by atoms with Crippen LogP contribution in [-0.2, 0) is 6.42 Å². The molecule has 0 fully saturated rings. The van der Waals surface area contributed by atoms with Gasteiger partial charge in [0.2, 0.25) is 0 Å². The average Bonchev–Trinajstić information content (AvgIpc) is 3.02. The molecule has 3 rings (SSSR count). The van der Waals surface area contributed by atoms with Crippen LogP contribution >= 0.6 is 0 Å². The second-order valence-corrected chi connectivity index (χ2v) is 5.07. The number of fused-ring (bicyclic) bond motifs is 1. The lowest BCUT2D eigenvalue weighted by atomic mass is 10.1. The van der Waals surface area contributed by atoms with E-state index in [0.717, 1.165) is 23.4 Å². The molecule has 6 heteroatoms. The number of hydrogen-bond acceptors (Lipinski definition) is 4. The number of benzene rings is 2. The van der Waals surface area contributed by atoms with Crippen LogP contribution in [0.2, 0.25) is 0 Å². The monoisotopic (exact) mass is 314 g/mol. The van der Waals surface area contributed by atoms with Gasteiger partial charge in [-0.3, -0.25) is 0 Å². The Hall–Kier alpha value is -2.89. The Balaban J connectivity index is 1.67. The fourth-order valence-corrected chi connectivity index (χ4v) is 2.47. The standard InChI is InChI=1S/C17H18N2O4/c1-21-15-6-4-13(10-16(15)22-2)19-17(20)18-12-3-5-14-11(9-12)7-8-23-14/h3-6,9-10H,7-8H2,1-2H3,(H2,18,19,20). The van der Waals surface area contributed by atoms with E-state index in [1.165, 1.54) is 0 Å². The van der Waals surface area contributed by atoms with Gasteiger partial charge in [-0.1, -0.05) is 0 Å². The van der Waals surface area contributed by atoms with Crippen LogP contribution in [0, 0.1) is 0 Å². The maximum atomic E-state index is 12.1. The van der Waals surface area contributed by atoms with E-state index in [1.807, 2.05) is 18.2 Å². The van der Waals surface area contributed by atoms with Gasteiger partial charge in [0.15, 0.2) is 11.5 Å². The molecular formula is C17H18N2O4. The van der Waals surface area contributed by atoms with Crippen molar-refractivity contribution in [3.63, 3.8) is 0 Å². The lowest BCUT2D eigenvalue weighted by Gasteiger charge is -2.11. The molecule has 2 aromatic rings. The highest BCUT2D eigenvalue weighted by Gasteiger charge is 2.13. The number of carbonyl (C=O) groups is 1. The SMILES string of the molecule is COc1ccc(NC(=O)Nc2ccc3c(c2)CCO3)cc1OC. The number of amides is 2. The average molecular weight is 314 g/mol. The van der Waals surface area contributed by atoms with E-state index in [0.29, 0.717) is 23.8 Å². The summed E-state index contributed by atoms with van der Waals surface area (Å²) in [6.45, 7) is 0.691. The molecule has 0 aromatic heterocycles. The minimum Gasteiger partial charge on any atom is -0.493 e. The molecule has 2 aromatic carbocycles. The van der Waals surface area contributed by atoms with Crippen LogP contribution in [0.1, 0.15) is 5.56 Å². The first-order valence-electron chi connectivity index (χ1n) is 7.25. The van der Waals surface area contributed by atoms with Crippen molar-refractivity contribution in [3.8, 4) is 17.2 Å². The molecule has 6 nitrogen and oxygen atoms in total. The molecule has 0 spiro atoms. The van der Waals surface area contributed by atoms with Gasteiger partial charge in [-0.05, 0) is 35.9 Å². The van der Waals surface area contributed by atoms with Gasteiger partial charge >= 0.3 is 6.03 Å². The van der Waals surface area contributed by atoms with E-state index >= 15 is 0 Å². The zero-order chi connectivity index (χ0) is 16.2. The maximum absolute atomic E-state index is 12.1. The van der Waals surface area contributed by atoms with Gasteiger partial charge in [-0.2, -0.15) is 0 Å². The molecule has 1 aliphatic rings. The molecule has 2 amide bonds. The molecule has 0 unspecified atom stereocenters. The molecule has 0 saturated carbocycles. The number of methoxy groups -OCH3 is 2. The Bertz CT molecular complexity index is 731. The molecular weight excluding hydrogens is 296 g/mol. The first-order valence-corrected chi connectivity index (χ1v) is 7.25. The van der Waals surface area contributed by atoms with Crippen LogP contribution in [0.5, 0.6) is 17.2 Å². The lowest BCUT2D eigenvalue weighted by Crippen LogP contribution is -2.19. The van der Waals surface area contributed by atoms with Crippen molar-refractivity contribution >= 4 is 17.4 Å². The summed E-state index contributed by atoms with van der Waals surface area (Å²) in [5, 5.41) is 5.58. The molecule has 0 radical (unpaired) electrons. The third-order valence-corrected chi connectivity index (χ3v) is 3.59. The zero-order valence-electron chi connectivity index (χ0n) is 13.0. The normalized spacial score (nSPS) is 12.1. The Morgan fingerprint density at radius 1 is 1.00 bits per heavy atom. The molecule has 120 valence electrons. The van der Waals surface area contributed by atoms with Crippen molar-refractivity contribution in [1.29, 1.82) is 0 Å². The summed E-state index contributed by atoms with van der Waals surface area (Å²) < 4.78 is 15.8. The zero-order valence-corrected chi connectivity index (χ0v) is 13.0. The van der Waals surface area contributed by atoms with E-state index in [4.69, 9.17) is 14.2 Å². The summed E-state index contributed by atoms with van der Waals surface area (Å²) in [6.07, 6.45) is 0.863. The third-order valence-electron chi connectivity index (χ3n) is 3.59. The summed E-state index contributed by atoms with van der Waals surface area (Å²) in [5.74, 6) is 2.05. The number of carbonyl (C=O) groups excluding carboxylic acids is 1. The van der Waals surface area contributed by atoms with Gasteiger partial charge in [-0.25, -0.2) is 4.79 Å². The predicted octanol–water partition coefficient (Wildman–Crippen LogP) is 3.28. The Morgan fingerprint density at radius 2 is 1.70 bits per heavy atom. The van der Waals surface area contributed by atoms with Crippen molar-refractivity contribution in [2.45, 2.75) is 6.42 Å². The lowest BCUT2D eigenvalue weighted by molar-refractivity contribution is 0.262. The van der Waals surface area contributed by atoms with E-state index in [1.54, 1.807) is 32.4 Å². The quantitative estimate of drug-likeness (QED) is 0.908. The van der Waals surface area contributed by atoms with Crippen LogP contribution < -0.4 is 24.8 Å². The smallest absolute Gasteiger partial charge is 0.323 e. The van der Waals surface area contributed by atoms with Crippen molar-refractivity contribution in [3.05, 3.63) is 42.0 Å². The molecule has 0 atom stereocenters. The van der Waals surface area contributed by atoms with Crippen molar-refractivity contribution in [2.75, 3.05) is 31.5 Å². The summed E-state index contributed by atoms with van der Waals surface area (Å²) in [6, 6.07) is 10.5. The van der Waals surface area contributed by atoms with Crippen LogP contribution in [0.15, 0.2) is 36.4 Å². The number of nitrogens with one attached hydrogen (secondary N) is 2. The van der Waals surface area contributed by atoms with Crippen LogP contribution in [-0.4, -0.2) is 26.9 Å². The number of urea groups is 1. The minimum absolute atomic E-state index is 0.323. The summed E-state index contributed by atoms with van der Waals surface area (Å²) in [5.41, 5.74) is 2.45. The highest BCUT2D eigenvalue weighted by Crippen LogP contribution is 2.30. The van der Waals surface area contributed by atoms with Gasteiger partial charge in [0.25, 0.3) is 0 Å². The second-order valence-electron chi connectivity index (χ2n) is 5.07. The van der Waals surface area contributed by atoms with Crippen LogP contribution in [0.3, 0.4) is 0 Å². The second kappa shape index (κ2) is 6.48. The van der Waals surface area contributed by atoms with Crippen LogP contribution in [0.25, 0.3) is 0 Å². The number of rotatable bonds is 4. The third kappa shape index (κ3) is 3.31.